The number of hydrogen-bond acceptors (Lipinski definition) is 3. The molecule has 1 heterocycles. The highest BCUT2D eigenvalue weighted by Gasteiger charge is 2.33. The molecule has 1 aromatic rings. The van der Waals surface area contributed by atoms with Crippen LogP contribution in [0.1, 0.15) is 45.2 Å². The van der Waals surface area contributed by atoms with E-state index in [1.165, 1.54) is 5.56 Å². The molecule has 0 aliphatic carbocycles. The van der Waals surface area contributed by atoms with Crippen molar-refractivity contribution in [3.63, 3.8) is 0 Å². The van der Waals surface area contributed by atoms with Crippen molar-refractivity contribution in [1.82, 2.24) is 4.90 Å². The lowest BCUT2D eigenvalue weighted by Gasteiger charge is -2.29. The van der Waals surface area contributed by atoms with E-state index in [0.717, 1.165) is 25.1 Å². The van der Waals surface area contributed by atoms with Gasteiger partial charge in [0, 0.05) is 19.3 Å². The fourth-order valence-electron chi connectivity index (χ4n) is 2.64. The molecule has 1 atom stereocenters. The van der Waals surface area contributed by atoms with E-state index in [-0.39, 0.29) is 12.1 Å². The number of benzene rings is 1. The maximum absolute atomic E-state index is 12.3. The number of rotatable bonds is 2. The highest BCUT2D eigenvalue weighted by molar-refractivity contribution is 5.70. The number of amides is 1. The van der Waals surface area contributed by atoms with Crippen molar-refractivity contribution < 1.29 is 9.53 Å². The summed E-state index contributed by atoms with van der Waals surface area (Å²) in [6, 6.07) is 8.25. The number of nitrogens with one attached hydrogen (secondary N) is 1. The van der Waals surface area contributed by atoms with Gasteiger partial charge < -0.3 is 15.0 Å². The molecule has 4 nitrogen and oxygen atoms in total. The minimum absolute atomic E-state index is 0.105. The number of para-hydroxylation sites is 1. The van der Waals surface area contributed by atoms with Crippen molar-refractivity contribution in [1.29, 1.82) is 0 Å². The van der Waals surface area contributed by atoms with Crippen molar-refractivity contribution in [3.8, 4) is 0 Å². The zero-order chi connectivity index (χ0) is 14.8. The van der Waals surface area contributed by atoms with Gasteiger partial charge in [0.05, 0.1) is 6.04 Å². The van der Waals surface area contributed by atoms with Crippen molar-refractivity contribution >= 4 is 11.8 Å². The Hall–Kier alpha value is -1.71. The molecule has 20 heavy (non-hydrogen) atoms. The molecule has 1 aliphatic heterocycles. The van der Waals surface area contributed by atoms with Gasteiger partial charge in [-0.25, -0.2) is 4.79 Å². The molecule has 110 valence electrons. The molecule has 0 unspecified atom stereocenters. The second kappa shape index (κ2) is 5.73. The van der Waals surface area contributed by atoms with E-state index in [2.05, 4.69) is 11.4 Å². The number of carbonyl (C=O) groups excluding carboxylic acids is 1. The zero-order valence-electron chi connectivity index (χ0n) is 12.8. The molecular formula is C16H24N2O2. The predicted molar refractivity (Wildman–Crippen MR) is 80.9 cm³/mol. The summed E-state index contributed by atoms with van der Waals surface area (Å²) < 4.78 is 5.51. The van der Waals surface area contributed by atoms with Gasteiger partial charge in [-0.3, -0.25) is 0 Å². The first-order valence-electron chi connectivity index (χ1n) is 7.18. The van der Waals surface area contributed by atoms with Gasteiger partial charge in [0.2, 0.25) is 0 Å². The number of nitrogens with zero attached hydrogens (tertiary/aromatic N) is 1. The quantitative estimate of drug-likeness (QED) is 0.893. The third kappa shape index (κ3) is 3.24. The van der Waals surface area contributed by atoms with Gasteiger partial charge in [0.15, 0.2) is 0 Å². The lowest BCUT2D eigenvalue weighted by atomic mass is 10.0. The Balaban J connectivity index is 2.21. The fourth-order valence-corrected chi connectivity index (χ4v) is 2.64. The summed E-state index contributed by atoms with van der Waals surface area (Å²) in [6.07, 6.45) is 1.78. The lowest BCUT2D eigenvalue weighted by Crippen LogP contribution is -2.36. The van der Waals surface area contributed by atoms with Crippen LogP contribution in [-0.4, -0.2) is 30.2 Å². The maximum atomic E-state index is 12.3. The van der Waals surface area contributed by atoms with Gasteiger partial charge in [0.25, 0.3) is 0 Å². The average Bonchev–Trinajstić information content (AvgIpc) is 2.85. The summed E-state index contributed by atoms with van der Waals surface area (Å²) in [5.41, 5.74) is 1.79. The van der Waals surface area contributed by atoms with Gasteiger partial charge in [-0.1, -0.05) is 18.2 Å². The van der Waals surface area contributed by atoms with E-state index in [1.54, 1.807) is 0 Å². The highest BCUT2D eigenvalue weighted by Crippen LogP contribution is 2.36. The fraction of sp³-hybridized carbons (Fsp3) is 0.562. The minimum atomic E-state index is -0.452. The van der Waals surface area contributed by atoms with Gasteiger partial charge in [-0.05, 0) is 45.2 Å². The van der Waals surface area contributed by atoms with E-state index in [0.29, 0.717) is 0 Å². The summed E-state index contributed by atoms with van der Waals surface area (Å²) in [7, 11) is 1.91. The molecule has 1 aromatic carbocycles. The van der Waals surface area contributed by atoms with Crippen molar-refractivity contribution in [2.75, 3.05) is 18.9 Å². The molecule has 0 bridgehead atoms. The summed E-state index contributed by atoms with van der Waals surface area (Å²) in [6.45, 7) is 6.46. The normalized spacial score (nSPS) is 19.0. The summed E-state index contributed by atoms with van der Waals surface area (Å²) in [5, 5.41) is 3.20. The molecule has 0 spiro atoms. The van der Waals surface area contributed by atoms with Gasteiger partial charge >= 0.3 is 6.09 Å². The van der Waals surface area contributed by atoms with Crippen LogP contribution in [-0.2, 0) is 4.74 Å². The standard InChI is InChI=1S/C16H24N2O2/c1-16(2,3)20-15(19)18-11-7-10-14(18)12-8-5-6-9-13(12)17-4/h5-6,8-9,14,17H,7,10-11H2,1-4H3/t14-/m0/s1. The van der Waals surface area contributed by atoms with Crippen LogP contribution in [0, 0.1) is 0 Å². The molecule has 0 saturated carbocycles. The van der Waals surface area contributed by atoms with Crippen LogP contribution in [0.25, 0.3) is 0 Å². The SMILES string of the molecule is CNc1ccccc1[C@@H]1CCCN1C(=O)OC(C)(C)C. The molecule has 0 aromatic heterocycles. The van der Waals surface area contributed by atoms with Gasteiger partial charge in [-0.2, -0.15) is 0 Å². The first-order valence-corrected chi connectivity index (χ1v) is 7.18. The minimum Gasteiger partial charge on any atom is -0.444 e. The summed E-state index contributed by atoms with van der Waals surface area (Å²) in [4.78, 5) is 14.2. The van der Waals surface area contributed by atoms with Crippen LogP contribution in [0.4, 0.5) is 10.5 Å². The van der Waals surface area contributed by atoms with Crippen LogP contribution >= 0.6 is 0 Å². The number of anilines is 1. The Labute approximate surface area is 121 Å². The molecule has 4 heteroatoms. The second-order valence-corrected chi connectivity index (χ2v) is 6.17. The van der Waals surface area contributed by atoms with Crippen LogP contribution < -0.4 is 5.32 Å². The number of ether oxygens (including phenoxy) is 1. The Morgan fingerprint density at radius 2 is 2.05 bits per heavy atom. The van der Waals surface area contributed by atoms with E-state index in [4.69, 9.17) is 4.74 Å². The lowest BCUT2D eigenvalue weighted by molar-refractivity contribution is 0.0225. The highest BCUT2D eigenvalue weighted by atomic mass is 16.6. The third-order valence-corrected chi connectivity index (χ3v) is 3.47. The van der Waals surface area contributed by atoms with E-state index in [9.17, 15) is 4.79 Å². The Morgan fingerprint density at radius 3 is 2.70 bits per heavy atom. The van der Waals surface area contributed by atoms with Crippen molar-refractivity contribution in [3.05, 3.63) is 29.8 Å². The van der Waals surface area contributed by atoms with Crippen LogP contribution in [0.3, 0.4) is 0 Å². The number of carbonyl (C=O) groups is 1. The van der Waals surface area contributed by atoms with Gasteiger partial charge in [0.1, 0.15) is 5.60 Å². The summed E-state index contributed by atoms with van der Waals surface area (Å²) >= 11 is 0. The molecule has 1 fully saturated rings. The van der Waals surface area contributed by atoms with Crippen LogP contribution in [0.15, 0.2) is 24.3 Å². The van der Waals surface area contributed by atoms with Crippen molar-refractivity contribution in [2.45, 2.75) is 45.3 Å². The smallest absolute Gasteiger partial charge is 0.410 e. The molecule has 1 N–H and O–H groups in total. The molecule has 1 aliphatic rings. The Morgan fingerprint density at radius 1 is 1.35 bits per heavy atom. The maximum Gasteiger partial charge on any atom is 0.410 e. The van der Waals surface area contributed by atoms with Crippen molar-refractivity contribution in [2.24, 2.45) is 0 Å². The van der Waals surface area contributed by atoms with E-state index >= 15 is 0 Å². The molecule has 2 rings (SSSR count). The first kappa shape index (κ1) is 14.7. The second-order valence-electron chi connectivity index (χ2n) is 6.17. The topological polar surface area (TPSA) is 41.6 Å². The first-order chi connectivity index (χ1) is 9.42. The van der Waals surface area contributed by atoms with Crippen LogP contribution in [0.2, 0.25) is 0 Å². The monoisotopic (exact) mass is 276 g/mol. The van der Waals surface area contributed by atoms with Gasteiger partial charge in [-0.15, -0.1) is 0 Å². The number of hydrogen-bond donors (Lipinski definition) is 1. The predicted octanol–water partition coefficient (Wildman–Crippen LogP) is 3.80. The largest absolute Gasteiger partial charge is 0.444 e. The molecule has 1 saturated heterocycles. The third-order valence-electron chi connectivity index (χ3n) is 3.47. The Bertz CT molecular complexity index is 480. The summed E-state index contributed by atoms with van der Waals surface area (Å²) in [5.74, 6) is 0. The zero-order valence-corrected chi connectivity index (χ0v) is 12.8. The van der Waals surface area contributed by atoms with E-state index < -0.39 is 5.60 Å². The average molecular weight is 276 g/mol. The number of likely N-dealkylation sites (tertiary alicyclic amines) is 1. The van der Waals surface area contributed by atoms with Crippen LogP contribution in [0.5, 0.6) is 0 Å². The molecule has 0 radical (unpaired) electrons. The molecular weight excluding hydrogens is 252 g/mol. The Kier molecular flexibility index (Phi) is 4.21. The van der Waals surface area contributed by atoms with E-state index in [1.807, 2.05) is 50.9 Å². The molecule has 1 amide bonds.